The van der Waals surface area contributed by atoms with Crippen molar-refractivity contribution in [3.8, 4) is 11.5 Å². The number of nitrogens with zero attached hydrogens (tertiary/aromatic N) is 5. The Morgan fingerprint density at radius 1 is 1.12 bits per heavy atom. The molecule has 3 aromatic rings. The summed E-state index contributed by atoms with van der Waals surface area (Å²) in [4.78, 5) is 22.6. The number of aliphatic hydroxyl groups excluding tert-OH is 1. The van der Waals surface area contributed by atoms with Crippen LogP contribution in [0.5, 0.6) is 11.5 Å². The molecule has 2 aliphatic rings. The van der Waals surface area contributed by atoms with Crippen molar-refractivity contribution in [2.75, 3.05) is 33.4 Å². The van der Waals surface area contributed by atoms with Gasteiger partial charge < -0.3 is 19.3 Å². The van der Waals surface area contributed by atoms with Gasteiger partial charge in [-0.25, -0.2) is 10.0 Å². The van der Waals surface area contributed by atoms with Gasteiger partial charge in [0.05, 0.1) is 13.7 Å². The van der Waals surface area contributed by atoms with Crippen LogP contribution in [-0.2, 0) is 16.0 Å². The number of amides is 1. The maximum Gasteiger partial charge on any atom is 0.266 e. The van der Waals surface area contributed by atoms with Crippen LogP contribution in [0.3, 0.4) is 0 Å². The normalized spacial score (nSPS) is 20.0. The number of hydrazine groups is 1. The average Bonchev–Trinajstić information content (AvgIpc) is 3.43. The Morgan fingerprint density at radius 2 is 1.91 bits per heavy atom. The van der Waals surface area contributed by atoms with Crippen molar-refractivity contribution < 1.29 is 24.1 Å². The molecule has 0 unspecified atom stereocenters. The molecule has 0 saturated carbocycles. The van der Waals surface area contributed by atoms with Crippen LogP contribution in [0.2, 0.25) is 0 Å². The summed E-state index contributed by atoms with van der Waals surface area (Å²) < 4.78 is 17.8. The third-order valence-corrected chi connectivity index (χ3v) is 7.65. The average molecular weight is 585 g/mol. The lowest BCUT2D eigenvalue weighted by molar-refractivity contribution is -0.134. The molecule has 1 fully saturated rings. The number of azide groups is 1. The Hall–Kier alpha value is -4.57. The number of piperidine rings is 1. The molecule has 11 heteroatoms. The molecule has 0 radical (unpaired) electrons. The van der Waals surface area contributed by atoms with Gasteiger partial charge in [-0.3, -0.25) is 10.2 Å². The number of rotatable bonds is 12. The molecule has 2 heterocycles. The zero-order valence-corrected chi connectivity index (χ0v) is 24.2. The second-order valence-electron chi connectivity index (χ2n) is 10.5. The van der Waals surface area contributed by atoms with Crippen LogP contribution in [0.4, 0.5) is 5.69 Å². The number of benzene rings is 3. The molecule has 43 heavy (non-hydrogen) atoms. The lowest BCUT2D eigenvalue weighted by Gasteiger charge is -2.35. The van der Waals surface area contributed by atoms with Crippen LogP contribution in [-0.4, -0.2) is 60.9 Å². The van der Waals surface area contributed by atoms with Gasteiger partial charge in [-0.2, -0.15) is 0 Å². The third-order valence-electron chi connectivity index (χ3n) is 7.65. The Balaban J connectivity index is 1.61. The zero-order chi connectivity index (χ0) is 30.1. The number of methoxy groups -OCH3 is 1. The predicted molar refractivity (Wildman–Crippen MR) is 162 cm³/mol. The summed E-state index contributed by atoms with van der Waals surface area (Å²) in [5.41, 5.74) is 13.4. The van der Waals surface area contributed by atoms with Crippen LogP contribution >= 0.6 is 0 Å². The van der Waals surface area contributed by atoms with Crippen molar-refractivity contribution in [1.82, 2.24) is 10.4 Å². The second kappa shape index (κ2) is 14.1. The molecule has 0 bridgehead atoms. The van der Waals surface area contributed by atoms with Crippen LogP contribution in [0, 0.1) is 0 Å². The highest BCUT2D eigenvalue weighted by Crippen LogP contribution is 2.44. The molecule has 0 spiro atoms. The van der Waals surface area contributed by atoms with E-state index in [1.54, 1.807) is 19.2 Å². The van der Waals surface area contributed by atoms with Crippen molar-refractivity contribution in [3.63, 3.8) is 0 Å². The summed E-state index contributed by atoms with van der Waals surface area (Å²) in [6.07, 6.45) is 2.94. The summed E-state index contributed by atoms with van der Waals surface area (Å²) in [6, 6.07) is 21.9. The number of ether oxygens (including phenoxy) is 3. The summed E-state index contributed by atoms with van der Waals surface area (Å²) in [7, 11) is 1.59. The molecule has 5 rings (SSSR count). The van der Waals surface area contributed by atoms with Gasteiger partial charge >= 0.3 is 0 Å². The standard InChI is InChI=1S/C32H36N6O5/c1-41-27-11-7-10-24(21-27)29-32(31(40)36-38-17-5-2-6-18-38,22-25-9-3-4-12-28(25)35-37-33)34-30(43-29)23-13-15-26(16-14-23)42-20-8-19-39/h3-4,7,9-16,21,29,39H,2,5-6,8,17-20,22H2,1H3,(H,36,40)/t29-,32-/m0/s1. The van der Waals surface area contributed by atoms with Gasteiger partial charge in [-0.15, -0.1) is 0 Å². The van der Waals surface area contributed by atoms with Crippen molar-refractivity contribution >= 4 is 17.5 Å². The van der Waals surface area contributed by atoms with Crippen LogP contribution < -0.4 is 14.9 Å². The van der Waals surface area contributed by atoms with Crippen LogP contribution in [0.1, 0.15) is 48.5 Å². The monoisotopic (exact) mass is 584 g/mol. The topological polar surface area (TPSA) is 141 Å². The van der Waals surface area contributed by atoms with E-state index in [0.29, 0.717) is 47.2 Å². The maximum absolute atomic E-state index is 14.5. The van der Waals surface area contributed by atoms with Gasteiger partial charge in [-0.05, 0) is 65.9 Å². The smallest absolute Gasteiger partial charge is 0.266 e. The van der Waals surface area contributed by atoms with E-state index >= 15 is 0 Å². The number of aliphatic imine (C=N–C) groups is 1. The maximum atomic E-state index is 14.5. The molecule has 1 saturated heterocycles. The molecule has 0 aliphatic carbocycles. The summed E-state index contributed by atoms with van der Waals surface area (Å²) in [5.74, 6) is 1.28. The summed E-state index contributed by atoms with van der Waals surface area (Å²) >= 11 is 0. The van der Waals surface area contributed by atoms with Gasteiger partial charge in [0.2, 0.25) is 5.90 Å². The minimum Gasteiger partial charge on any atom is -0.497 e. The van der Waals surface area contributed by atoms with Crippen molar-refractivity contribution in [3.05, 3.63) is 99.9 Å². The van der Waals surface area contributed by atoms with Gasteiger partial charge in [-0.1, -0.05) is 47.9 Å². The Bertz CT molecular complexity index is 1480. The quantitative estimate of drug-likeness (QED) is 0.126. The summed E-state index contributed by atoms with van der Waals surface area (Å²) in [5, 5.41) is 14.9. The molecule has 3 aromatic carbocycles. The fraction of sp³-hybridized carbons (Fsp3) is 0.375. The number of aliphatic hydroxyl groups is 1. The highest BCUT2D eigenvalue weighted by Gasteiger charge is 2.54. The van der Waals surface area contributed by atoms with Crippen molar-refractivity contribution in [1.29, 1.82) is 0 Å². The molecule has 11 nitrogen and oxygen atoms in total. The fourth-order valence-electron chi connectivity index (χ4n) is 5.43. The zero-order valence-electron chi connectivity index (χ0n) is 24.2. The van der Waals surface area contributed by atoms with Gasteiger partial charge in [0.1, 0.15) is 11.5 Å². The molecular formula is C32H36N6O5. The van der Waals surface area contributed by atoms with Crippen molar-refractivity contribution in [2.24, 2.45) is 10.1 Å². The minimum absolute atomic E-state index is 0.0543. The van der Waals surface area contributed by atoms with E-state index in [0.717, 1.165) is 37.9 Å². The molecule has 2 aliphatic heterocycles. The molecule has 2 atom stereocenters. The van der Waals surface area contributed by atoms with E-state index in [-0.39, 0.29) is 18.9 Å². The first-order chi connectivity index (χ1) is 21.1. The predicted octanol–water partition coefficient (Wildman–Crippen LogP) is 5.41. The lowest BCUT2D eigenvalue weighted by atomic mass is 9.81. The van der Waals surface area contributed by atoms with E-state index in [2.05, 4.69) is 15.5 Å². The first-order valence-corrected chi connectivity index (χ1v) is 14.5. The number of nitrogens with one attached hydrogen (secondary N) is 1. The SMILES string of the molecule is COc1cccc([C@@H]2OC(c3ccc(OCCCO)cc3)=N[C@]2(Cc2ccccc2N=[N+]=[N-])C(=O)NN2CCCCC2)c1. The molecular weight excluding hydrogens is 548 g/mol. The van der Waals surface area contributed by atoms with E-state index in [1.807, 2.05) is 65.7 Å². The number of carbonyl (C=O) groups excluding carboxylic acids is 1. The molecule has 1 amide bonds. The summed E-state index contributed by atoms with van der Waals surface area (Å²) in [6.45, 7) is 1.95. The van der Waals surface area contributed by atoms with Gasteiger partial charge in [0.15, 0.2) is 11.6 Å². The van der Waals surface area contributed by atoms with Crippen LogP contribution in [0.15, 0.2) is 82.9 Å². The molecule has 224 valence electrons. The van der Waals surface area contributed by atoms with Crippen molar-refractivity contribution in [2.45, 2.75) is 43.7 Å². The molecule has 2 N–H and O–H groups in total. The minimum atomic E-state index is -1.45. The number of hydrogen-bond acceptors (Lipinski definition) is 8. The second-order valence-corrected chi connectivity index (χ2v) is 10.5. The number of hydrogen-bond donors (Lipinski definition) is 2. The fourth-order valence-corrected chi connectivity index (χ4v) is 5.43. The molecule has 0 aromatic heterocycles. The first-order valence-electron chi connectivity index (χ1n) is 14.5. The van der Waals surface area contributed by atoms with Gasteiger partial charge in [0, 0.05) is 48.7 Å². The lowest BCUT2D eigenvalue weighted by Crippen LogP contribution is -2.56. The Labute approximate surface area is 250 Å². The van der Waals surface area contributed by atoms with E-state index < -0.39 is 11.6 Å². The van der Waals surface area contributed by atoms with E-state index in [9.17, 15) is 10.3 Å². The third kappa shape index (κ3) is 6.91. The highest BCUT2D eigenvalue weighted by atomic mass is 16.5. The van der Waals surface area contributed by atoms with E-state index in [1.165, 1.54) is 0 Å². The van der Waals surface area contributed by atoms with Crippen LogP contribution in [0.25, 0.3) is 10.4 Å². The first kappa shape index (κ1) is 29.9. The van der Waals surface area contributed by atoms with E-state index in [4.69, 9.17) is 24.3 Å². The Morgan fingerprint density at radius 3 is 2.65 bits per heavy atom. The Kier molecular flexibility index (Phi) is 9.78. The highest BCUT2D eigenvalue weighted by molar-refractivity contribution is 6.01. The van der Waals surface area contributed by atoms with Gasteiger partial charge in [0.25, 0.3) is 5.91 Å². The number of carbonyl (C=O) groups is 1. The largest absolute Gasteiger partial charge is 0.497 e.